The highest BCUT2D eigenvalue weighted by Gasteiger charge is 2.24. The first-order valence-electron chi connectivity index (χ1n) is 5.21. The Hall–Kier alpha value is -2.58. The molecular formula is C10H14N4O5. The fourth-order valence-electron chi connectivity index (χ4n) is 1.27. The third-order valence-corrected chi connectivity index (χ3v) is 2.27. The van der Waals surface area contributed by atoms with Gasteiger partial charge in [-0.1, -0.05) is 0 Å². The van der Waals surface area contributed by atoms with Crippen molar-refractivity contribution < 1.29 is 23.9 Å². The molecule has 0 aromatic carbocycles. The second-order valence-electron chi connectivity index (χ2n) is 3.51. The van der Waals surface area contributed by atoms with E-state index < -0.39 is 30.9 Å². The van der Waals surface area contributed by atoms with Gasteiger partial charge in [-0.25, -0.2) is 0 Å². The Bertz CT molecular complexity index is 466. The lowest BCUT2D eigenvalue weighted by molar-refractivity contribution is -0.144. The number of carbonyl (C=O) groups excluding carboxylic acids is 3. The first-order valence-corrected chi connectivity index (χ1v) is 5.21. The minimum atomic E-state index is -0.671. The van der Waals surface area contributed by atoms with Gasteiger partial charge in [0.25, 0.3) is 5.91 Å². The molecule has 1 aromatic rings. The summed E-state index contributed by atoms with van der Waals surface area (Å²) in [5.74, 6) is -1.99. The lowest BCUT2D eigenvalue weighted by Crippen LogP contribution is -2.40. The molecule has 0 bridgehead atoms. The minimum absolute atomic E-state index is 0.00666. The van der Waals surface area contributed by atoms with Crippen LogP contribution in [0.1, 0.15) is 10.5 Å². The average Bonchev–Trinajstić information content (AvgIpc) is 2.82. The fraction of sp³-hybridized carbons (Fsp3) is 0.400. The zero-order valence-electron chi connectivity index (χ0n) is 10.5. The van der Waals surface area contributed by atoms with Crippen LogP contribution in [0.3, 0.4) is 0 Å². The summed E-state index contributed by atoms with van der Waals surface area (Å²) in [5, 5.41) is 5.99. The number of nitrogens with two attached hydrogens (primary N) is 1. The predicted molar refractivity (Wildman–Crippen MR) is 62.9 cm³/mol. The van der Waals surface area contributed by atoms with Crippen LogP contribution in [-0.4, -0.2) is 60.3 Å². The monoisotopic (exact) mass is 270 g/mol. The maximum absolute atomic E-state index is 12.1. The van der Waals surface area contributed by atoms with Crippen molar-refractivity contribution in [2.24, 2.45) is 0 Å². The normalized spacial score (nSPS) is 9.79. The maximum Gasteiger partial charge on any atom is 0.325 e. The second kappa shape index (κ2) is 6.38. The van der Waals surface area contributed by atoms with Crippen LogP contribution in [0, 0.1) is 0 Å². The number of nitrogens with zero attached hydrogens (tertiary/aromatic N) is 2. The molecular weight excluding hydrogens is 256 g/mol. The molecule has 1 amide bonds. The summed E-state index contributed by atoms with van der Waals surface area (Å²) < 4.78 is 8.90. The Morgan fingerprint density at radius 2 is 1.79 bits per heavy atom. The number of nitrogen functional groups attached to an aromatic ring is 1. The molecule has 104 valence electrons. The lowest BCUT2D eigenvalue weighted by Gasteiger charge is -2.19. The number of aromatic nitrogens is 2. The van der Waals surface area contributed by atoms with Crippen molar-refractivity contribution in [3.63, 3.8) is 0 Å². The topological polar surface area (TPSA) is 128 Å². The number of amides is 1. The molecule has 0 saturated carbocycles. The molecule has 9 nitrogen and oxygen atoms in total. The molecule has 0 radical (unpaired) electrons. The third-order valence-electron chi connectivity index (χ3n) is 2.27. The standard InChI is InChI=1S/C10H14N4O5/c1-18-7(15)4-14(5-8(16)19-2)10(17)9-6(11)3-12-13-9/h3H,4-5,11H2,1-2H3,(H,12,13). The molecule has 1 heterocycles. The van der Waals surface area contributed by atoms with Gasteiger partial charge < -0.3 is 20.1 Å². The highest BCUT2D eigenvalue weighted by atomic mass is 16.5. The van der Waals surface area contributed by atoms with E-state index in [9.17, 15) is 14.4 Å². The van der Waals surface area contributed by atoms with Gasteiger partial charge >= 0.3 is 11.9 Å². The van der Waals surface area contributed by atoms with Gasteiger partial charge in [-0.2, -0.15) is 5.10 Å². The smallest absolute Gasteiger partial charge is 0.325 e. The zero-order valence-corrected chi connectivity index (χ0v) is 10.5. The van der Waals surface area contributed by atoms with Crippen LogP contribution in [-0.2, 0) is 19.1 Å². The molecule has 3 N–H and O–H groups in total. The van der Waals surface area contributed by atoms with E-state index in [1.54, 1.807) is 0 Å². The van der Waals surface area contributed by atoms with Gasteiger partial charge in [0.15, 0.2) is 0 Å². The molecule has 0 unspecified atom stereocenters. The number of hydrogen-bond acceptors (Lipinski definition) is 7. The molecule has 0 aliphatic carbocycles. The summed E-state index contributed by atoms with van der Waals surface area (Å²) in [4.78, 5) is 35.5. The number of aromatic amines is 1. The van der Waals surface area contributed by atoms with Gasteiger partial charge in [-0.05, 0) is 0 Å². The van der Waals surface area contributed by atoms with E-state index in [4.69, 9.17) is 5.73 Å². The van der Waals surface area contributed by atoms with Crippen molar-refractivity contribution in [3.8, 4) is 0 Å². The summed E-state index contributed by atoms with van der Waals surface area (Å²) in [6, 6.07) is 0. The van der Waals surface area contributed by atoms with Crippen molar-refractivity contribution in [1.82, 2.24) is 15.1 Å². The molecule has 19 heavy (non-hydrogen) atoms. The SMILES string of the molecule is COC(=O)CN(CC(=O)OC)C(=O)c1[nH]ncc1N. The summed E-state index contributed by atoms with van der Waals surface area (Å²) in [6.07, 6.45) is 1.25. The molecule has 1 rings (SSSR count). The molecule has 9 heteroatoms. The van der Waals surface area contributed by atoms with E-state index in [1.807, 2.05) is 0 Å². The number of nitrogens with one attached hydrogen (secondary N) is 1. The largest absolute Gasteiger partial charge is 0.468 e. The van der Waals surface area contributed by atoms with Crippen molar-refractivity contribution in [2.45, 2.75) is 0 Å². The predicted octanol–water partition coefficient (Wildman–Crippen LogP) is -1.22. The quantitative estimate of drug-likeness (QED) is 0.642. The van der Waals surface area contributed by atoms with E-state index in [-0.39, 0.29) is 11.4 Å². The van der Waals surface area contributed by atoms with Crippen LogP contribution >= 0.6 is 0 Å². The highest BCUT2D eigenvalue weighted by molar-refractivity contribution is 5.99. The maximum atomic E-state index is 12.1. The molecule has 0 atom stereocenters. The zero-order chi connectivity index (χ0) is 14.4. The Morgan fingerprint density at radius 1 is 1.26 bits per heavy atom. The van der Waals surface area contributed by atoms with Gasteiger partial charge in [0.05, 0.1) is 26.1 Å². The van der Waals surface area contributed by atoms with Crippen molar-refractivity contribution in [2.75, 3.05) is 33.0 Å². The van der Waals surface area contributed by atoms with Crippen LogP contribution in [0.25, 0.3) is 0 Å². The fourth-order valence-corrected chi connectivity index (χ4v) is 1.27. The van der Waals surface area contributed by atoms with Crippen molar-refractivity contribution >= 4 is 23.5 Å². The van der Waals surface area contributed by atoms with Gasteiger partial charge in [-0.15, -0.1) is 0 Å². The third kappa shape index (κ3) is 3.69. The second-order valence-corrected chi connectivity index (χ2v) is 3.51. The number of hydrogen-bond donors (Lipinski definition) is 2. The van der Waals surface area contributed by atoms with Gasteiger partial charge in [0, 0.05) is 0 Å². The molecule has 0 fully saturated rings. The summed E-state index contributed by atoms with van der Waals surface area (Å²) in [7, 11) is 2.35. The molecule has 0 spiro atoms. The molecule has 0 aliphatic heterocycles. The van der Waals surface area contributed by atoms with Crippen LogP contribution in [0.4, 0.5) is 5.69 Å². The number of esters is 2. The number of rotatable bonds is 5. The number of H-pyrrole nitrogens is 1. The summed E-state index contributed by atoms with van der Waals surface area (Å²) >= 11 is 0. The van der Waals surface area contributed by atoms with E-state index in [0.29, 0.717) is 0 Å². The Morgan fingerprint density at radius 3 is 2.16 bits per heavy atom. The molecule has 1 aromatic heterocycles. The number of anilines is 1. The van der Waals surface area contributed by atoms with E-state index >= 15 is 0 Å². The minimum Gasteiger partial charge on any atom is -0.468 e. The Labute approximate surface area is 108 Å². The van der Waals surface area contributed by atoms with Gasteiger partial charge in [0.2, 0.25) is 0 Å². The lowest BCUT2D eigenvalue weighted by atomic mass is 10.3. The van der Waals surface area contributed by atoms with Crippen LogP contribution in [0.5, 0.6) is 0 Å². The average molecular weight is 270 g/mol. The Kier molecular flexibility index (Phi) is 4.86. The van der Waals surface area contributed by atoms with E-state index in [2.05, 4.69) is 19.7 Å². The van der Waals surface area contributed by atoms with E-state index in [1.165, 1.54) is 20.4 Å². The van der Waals surface area contributed by atoms with Crippen LogP contribution in [0.15, 0.2) is 6.20 Å². The first kappa shape index (κ1) is 14.5. The van der Waals surface area contributed by atoms with Crippen LogP contribution in [0.2, 0.25) is 0 Å². The highest BCUT2D eigenvalue weighted by Crippen LogP contribution is 2.10. The van der Waals surface area contributed by atoms with Crippen molar-refractivity contribution in [1.29, 1.82) is 0 Å². The number of ether oxygens (including phenoxy) is 2. The molecule has 0 aliphatic rings. The molecule has 0 saturated heterocycles. The van der Waals surface area contributed by atoms with Crippen LogP contribution < -0.4 is 5.73 Å². The van der Waals surface area contributed by atoms with Crippen molar-refractivity contribution in [3.05, 3.63) is 11.9 Å². The first-order chi connectivity index (χ1) is 8.99. The summed E-state index contributed by atoms with van der Waals surface area (Å²) in [6.45, 7) is -0.800. The number of carbonyl (C=O) groups is 3. The Balaban J connectivity index is 2.89. The number of methoxy groups -OCH3 is 2. The summed E-state index contributed by atoms with van der Waals surface area (Å²) in [5.41, 5.74) is 5.64. The van der Waals surface area contributed by atoms with Gasteiger partial charge in [-0.3, -0.25) is 19.5 Å². The van der Waals surface area contributed by atoms with E-state index in [0.717, 1.165) is 4.90 Å². The van der Waals surface area contributed by atoms with Gasteiger partial charge in [0.1, 0.15) is 18.8 Å².